The van der Waals surface area contributed by atoms with Crippen molar-refractivity contribution in [3.05, 3.63) is 41.3 Å². The first kappa shape index (κ1) is 15.4. The van der Waals surface area contributed by atoms with E-state index in [-0.39, 0.29) is 5.82 Å². The van der Waals surface area contributed by atoms with Gasteiger partial charge in [0.1, 0.15) is 28.8 Å². The molecule has 23 heavy (non-hydrogen) atoms. The number of benzene rings is 1. The van der Waals surface area contributed by atoms with Gasteiger partial charge in [-0.25, -0.2) is 14.4 Å². The van der Waals surface area contributed by atoms with Crippen LogP contribution in [0.25, 0.3) is 21.3 Å². The zero-order valence-electron chi connectivity index (χ0n) is 12.5. The molecular weight excluding hydrogens is 317 g/mol. The van der Waals surface area contributed by atoms with E-state index in [0.29, 0.717) is 5.82 Å². The van der Waals surface area contributed by atoms with Crippen LogP contribution in [-0.4, -0.2) is 27.1 Å². The Morgan fingerprint density at radius 2 is 2.00 bits per heavy atom. The monoisotopic (exact) mass is 331 g/mol. The molecule has 1 aromatic carbocycles. The maximum Gasteiger partial charge on any atom is 0.325 e. The molecule has 0 amide bonds. The maximum absolute atomic E-state index is 13.2. The molecule has 7 heteroatoms. The zero-order valence-corrected chi connectivity index (χ0v) is 13.3. The van der Waals surface area contributed by atoms with E-state index >= 15 is 0 Å². The molecule has 1 atom stereocenters. The van der Waals surface area contributed by atoms with Gasteiger partial charge in [0.05, 0.1) is 5.39 Å². The number of carbonyl (C=O) groups is 1. The summed E-state index contributed by atoms with van der Waals surface area (Å²) < 4.78 is 13.2. The van der Waals surface area contributed by atoms with Crippen LogP contribution in [0.1, 0.15) is 11.8 Å². The number of carboxylic acid groups (broad SMARTS) is 1. The maximum atomic E-state index is 13.2. The average molecular weight is 331 g/mol. The minimum absolute atomic E-state index is 0.306. The normalized spacial score (nSPS) is 12.3. The van der Waals surface area contributed by atoms with Gasteiger partial charge in [-0.3, -0.25) is 4.79 Å². The Labute approximate surface area is 135 Å². The lowest BCUT2D eigenvalue weighted by atomic mass is 10.0. The number of nitrogens with one attached hydrogen (secondary N) is 1. The fourth-order valence-corrected chi connectivity index (χ4v) is 3.40. The summed E-state index contributed by atoms with van der Waals surface area (Å²) in [7, 11) is 0. The quantitative estimate of drug-likeness (QED) is 0.762. The number of halogens is 1. The summed E-state index contributed by atoms with van der Waals surface area (Å²) in [4.78, 5) is 21.3. The van der Waals surface area contributed by atoms with E-state index in [4.69, 9.17) is 5.11 Å². The number of aliphatic carboxylic acids is 1. The molecule has 0 aliphatic heterocycles. The van der Waals surface area contributed by atoms with Crippen molar-refractivity contribution in [3.63, 3.8) is 0 Å². The van der Waals surface area contributed by atoms with Crippen molar-refractivity contribution in [1.82, 2.24) is 9.97 Å². The van der Waals surface area contributed by atoms with Crippen molar-refractivity contribution in [3.8, 4) is 11.1 Å². The van der Waals surface area contributed by atoms with Crippen LogP contribution in [0.2, 0.25) is 0 Å². The van der Waals surface area contributed by atoms with Gasteiger partial charge in [0.25, 0.3) is 0 Å². The summed E-state index contributed by atoms with van der Waals surface area (Å²) in [6, 6.07) is 5.40. The van der Waals surface area contributed by atoms with E-state index in [1.807, 2.05) is 6.92 Å². The van der Waals surface area contributed by atoms with E-state index < -0.39 is 12.0 Å². The first-order valence-corrected chi connectivity index (χ1v) is 7.78. The molecule has 0 saturated heterocycles. The number of carboxylic acids is 1. The van der Waals surface area contributed by atoms with Gasteiger partial charge in [0.2, 0.25) is 0 Å². The van der Waals surface area contributed by atoms with Crippen LogP contribution in [0, 0.1) is 12.7 Å². The molecule has 1 unspecified atom stereocenters. The minimum Gasteiger partial charge on any atom is -0.480 e. The number of anilines is 1. The Hall–Kier alpha value is -2.54. The van der Waals surface area contributed by atoms with E-state index in [1.54, 1.807) is 19.1 Å². The van der Waals surface area contributed by atoms with Crippen LogP contribution in [0.15, 0.2) is 30.6 Å². The number of rotatable bonds is 4. The van der Waals surface area contributed by atoms with E-state index in [9.17, 15) is 9.18 Å². The molecule has 0 bridgehead atoms. The van der Waals surface area contributed by atoms with Crippen molar-refractivity contribution in [2.75, 3.05) is 5.32 Å². The van der Waals surface area contributed by atoms with Crippen molar-refractivity contribution in [2.24, 2.45) is 0 Å². The fraction of sp³-hybridized carbons (Fsp3) is 0.188. The molecule has 2 heterocycles. The van der Waals surface area contributed by atoms with Crippen molar-refractivity contribution in [1.29, 1.82) is 0 Å². The predicted molar refractivity (Wildman–Crippen MR) is 88.3 cm³/mol. The molecule has 2 aromatic heterocycles. The molecule has 0 radical (unpaired) electrons. The van der Waals surface area contributed by atoms with Gasteiger partial charge in [-0.2, -0.15) is 0 Å². The number of nitrogens with zero attached hydrogens (tertiary/aromatic N) is 2. The number of thiophene rings is 1. The Morgan fingerprint density at radius 3 is 2.65 bits per heavy atom. The van der Waals surface area contributed by atoms with Crippen molar-refractivity contribution < 1.29 is 14.3 Å². The third kappa shape index (κ3) is 2.87. The van der Waals surface area contributed by atoms with Gasteiger partial charge in [0, 0.05) is 10.4 Å². The lowest BCUT2D eigenvalue weighted by molar-refractivity contribution is -0.137. The summed E-state index contributed by atoms with van der Waals surface area (Å²) in [6.45, 7) is 3.50. The fourth-order valence-electron chi connectivity index (χ4n) is 2.38. The highest BCUT2D eigenvalue weighted by atomic mass is 32.1. The minimum atomic E-state index is -0.966. The van der Waals surface area contributed by atoms with Gasteiger partial charge in [0.15, 0.2) is 0 Å². The van der Waals surface area contributed by atoms with Crippen LogP contribution >= 0.6 is 11.3 Å². The summed E-state index contributed by atoms with van der Waals surface area (Å²) in [6.07, 6.45) is 1.41. The van der Waals surface area contributed by atoms with Gasteiger partial charge < -0.3 is 10.4 Å². The third-order valence-corrected chi connectivity index (χ3v) is 4.53. The smallest absolute Gasteiger partial charge is 0.325 e. The van der Waals surface area contributed by atoms with Gasteiger partial charge in [-0.15, -0.1) is 11.3 Å². The molecular formula is C16H14FN3O2S. The number of fused-ring (bicyclic) bond motifs is 1. The zero-order chi connectivity index (χ0) is 16.6. The summed E-state index contributed by atoms with van der Waals surface area (Å²) in [5, 5.41) is 12.8. The second-order valence-electron chi connectivity index (χ2n) is 5.15. The van der Waals surface area contributed by atoms with E-state index in [1.165, 1.54) is 29.8 Å². The molecule has 118 valence electrons. The number of aryl methyl sites for hydroxylation is 1. The highest BCUT2D eigenvalue weighted by Gasteiger charge is 2.19. The Morgan fingerprint density at radius 1 is 1.30 bits per heavy atom. The summed E-state index contributed by atoms with van der Waals surface area (Å²) in [5.74, 6) is -0.805. The van der Waals surface area contributed by atoms with Crippen LogP contribution in [0.4, 0.5) is 10.2 Å². The summed E-state index contributed by atoms with van der Waals surface area (Å²) in [5.41, 5.74) is 1.74. The Kier molecular flexibility index (Phi) is 3.96. The van der Waals surface area contributed by atoms with Gasteiger partial charge in [-0.1, -0.05) is 12.1 Å². The van der Waals surface area contributed by atoms with E-state index in [0.717, 1.165) is 26.2 Å². The van der Waals surface area contributed by atoms with Crippen LogP contribution < -0.4 is 5.32 Å². The average Bonchev–Trinajstić information content (AvgIpc) is 2.85. The number of hydrogen-bond acceptors (Lipinski definition) is 5. The largest absolute Gasteiger partial charge is 0.480 e. The first-order valence-electron chi connectivity index (χ1n) is 6.96. The number of hydrogen-bond donors (Lipinski definition) is 2. The molecule has 5 nitrogen and oxygen atoms in total. The SMILES string of the molecule is Cc1sc2ncnc(NC(C)C(=O)O)c2c1-c1ccc(F)cc1. The second kappa shape index (κ2) is 5.92. The van der Waals surface area contributed by atoms with Crippen LogP contribution in [0.5, 0.6) is 0 Å². The first-order chi connectivity index (χ1) is 11.0. The van der Waals surface area contributed by atoms with Crippen LogP contribution in [0.3, 0.4) is 0 Å². The Bertz CT molecular complexity index is 877. The molecule has 0 fully saturated rings. The molecule has 0 spiro atoms. The highest BCUT2D eigenvalue weighted by Crippen LogP contribution is 2.40. The predicted octanol–water partition coefficient (Wildman–Crippen LogP) is 3.69. The molecule has 0 aliphatic carbocycles. The molecule has 0 aliphatic rings. The molecule has 3 rings (SSSR count). The van der Waals surface area contributed by atoms with Crippen molar-refractivity contribution >= 4 is 33.3 Å². The summed E-state index contributed by atoms with van der Waals surface area (Å²) >= 11 is 1.50. The van der Waals surface area contributed by atoms with Gasteiger partial charge in [-0.05, 0) is 31.5 Å². The van der Waals surface area contributed by atoms with Gasteiger partial charge >= 0.3 is 5.97 Å². The molecule has 2 N–H and O–H groups in total. The lowest BCUT2D eigenvalue weighted by Crippen LogP contribution is -2.26. The van der Waals surface area contributed by atoms with Crippen LogP contribution in [-0.2, 0) is 4.79 Å². The van der Waals surface area contributed by atoms with Crippen molar-refractivity contribution in [2.45, 2.75) is 19.9 Å². The second-order valence-corrected chi connectivity index (χ2v) is 6.35. The molecule has 3 aromatic rings. The Balaban J connectivity index is 2.19. The van der Waals surface area contributed by atoms with E-state index in [2.05, 4.69) is 15.3 Å². The standard InChI is InChI=1S/C16H14FN3O2S/c1-8(16(21)22)20-14-13-12(10-3-5-11(17)6-4-10)9(2)23-15(13)19-7-18-14/h3-8H,1-2H3,(H,21,22)(H,18,19,20). The third-order valence-electron chi connectivity index (χ3n) is 3.52. The highest BCUT2D eigenvalue weighted by molar-refractivity contribution is 7.19. The molecule has 0 saturated carbocycles. The number of aromatic nitrogens is 2. The topological polar surface area (TPSA) is 75.1 Å². The lowest BCUT2D eigenvalue weighted by Gasteiger charge is -2.12.